The van der Waals surface area contributed by atoms with Gasteiger partial charge in [0.2, 0.25) is 11.8 Å². The Morgan fingerprint density at radius 1 is 1.09 bits per heavy atom. The minimum absolute atomic E-state index is 0.0965. The molecule has 0 bridgehead atoms. The van der Waals surface area contributed by atoms with Gasteiger partial charge in [-0.2, -0.15) is 0 Å². The molecule has 2 saturated heterocycles. The molecule has 2 aromatic carbocycles. The van der Waals surface area contributed by atoms with Crippen LogP contribution in [0.3, 0.4) is 0 Å². The van der Waals surface area contributed by atoms with E-state index in [-0.39, 0.29) is 30.6 Å². The predicted octanol–water partition coefficient (Wildman–Crippen LogP) is 3.50. The van der Waals surface area contributed by atoms with Crippen molar-refractivity contribution in [3.05, 3.63) is 76.6 Å². The first-order chi connectivity index (χ1) is 20.9. The van der Waals surface area contributed by atoms with Gasteiger partial charge in [0.1, 0.15) is 17.5 Å². The summed E-state index contributed by atoms with van der Waals surface area (Å²) in [5.74, 6) is 0.171. The first-order valence-corrected chi connectivity index (χ1v) is 15.2. The molecule has 222 valence electrons. The number of rotatable bonds is 9. The normalized spacial score (nSPS) is 17.5. The zero-order valence-electron chi connectivity index (χ0n) is 23.9. The first-order valence-electron chi connectivity index (χ1n) is 14.3. The van der Waals surface area contributed by atoms with Crippen molar-refractivity contribution in [2.45, 2.75) is 31.8 Å². The van der Waals surface area contributed by atoms with Gasteiger partial charge in [0.25, 0.3) is 5.91 Å². The largest absolute Gasteiger partial charge is 0.495 e. The Labute approximate surface area is 253 Å². The number of carbonyl (C=O) groups is 3. The molecule has 2 aromatic heterocycles. The summed E-state index contributed by atoms with van der Waals surface area (Å²) in [5.41, 5.74) is 4.56. The Morgan fingerprint density at radius 2 is 1.88 bits per heavy atom. The minimum Gasteiger partial charge on any atom is -0.495 e. The van der Waals surface area contributed by atoms with Gasteiger partial charge in [-0.1, -0.05) is 29.5 Å². The van der Waals surface area contributed by atoms with E-state index in [2.05, 4.69) is 48.9 Å². The van der Waals surface area contributed by atoms with E-state index >= 15 is 0 Å². The SMILES string of the molecule is COc1ccccc1N1CCN(Cc2ccc(NC(=O)Cc3cc(-c4cn(C5CCC(=O)NC5=O)nn4)cs3)cc2)CC1. The molecular formula is C31H33N7O4S. The number of methoxy groups -OCH3 is 1. The summed E-state index contributed by atoms with van der Waals surface area (Å²) in [7, 11) is 1.71. The maximum Gasteiger partial charge on any atom is 0.251 e. The van der Waals surface area contributed by atoms with Gasteiger partial charge in [-0.3, -0.25) is 24.6 Å². The molecule has 1 unspecified atom stereocenters. The molecule has 0 radical (unpaired) electrons. The van der Waals surface area contributed by atoms with Gasteiger partial charge in [0, 0.05) is 60.7 Å². The zero-order valence-corrected chi connectivity index (χ0v) is 24.7. The van der Waals surface area contributed by atoms with Gasteiger partial charge < -0.3 is 15.0 Å². The lowest BCUT2D eigenvalue weighted by Gasteiger charge is -2.36. The maximum atomic E-state index is 12.8. The van der Waals surface area contributed by atoms with E-state index in [1.54, 1.807) is 13.3 Å². The number of nitrogens with zero attached hydrogens (tertiary/aromatic N) is 5. The predicted molar refractivity (Wildman–Crippen MR) is 164 cm³/mol. The molecule has 4 heterocycles. The van der Waals surface area contributed by atoms with E-state index in [1.165, 1.54) is 21.6 Å². The molecule has 43 heavy (non-hydrogen) atoms. The second-order valence-electron chi connectivity index (χ2n) is 10.7. The molecule has 0 saturated carbocycles. The van der Waals surface area contributed by atoms with Crippen LogP contribution in [0.5, 0.6) is 5.75 Å². The second-order valence-corrected chi connectivity index (χ2v) is 11.7. The van der Waals surface area contributed by atoms with Crippen molar-refractivity contribution in [1.82, 2.24) is 25.2 Å². The van der Waals surface area contributed by atoms with Crippen molar-refractivity contribution in [2.24, 2.45) is 0 Å². The molecule has 12 heteroatoms. The van der Waals surface area contributed by atoms with Gasteiger partial charge in [0.05, 0.1) is 25.4 Å². The zero-order chi connectivity index (χ0) is 29.8. The van der Waals surface area contributed by atoms with Crippen LogP contribution in [0.15, 0.2) is 66.2 Å². The Hall–Kier alpha value is -4.55. The van der Waals surface area contributed by atoms with Crippen molar-refractivity contribution >= 4 is 40.4 Å². The fourth-order valence-electron chi connectivity index (χ4n) is 5.46. The van der Waals surface area contributed by atoms with Crippen LogP contribution >= 0.6 is 11.3 Å². The van der Waals surface area contributed by atoms with E-state index in [9.17, 15) is 14.4 Å². The van der Waals surface area contributed by atoms with E-state index < -0.39 is 6.04 Å². The van der Waals surface area contributed by atoms with Crippen molar-refractivity contribution in [3.63, 3.8) is 0 Å². The molecule has 0 aliphatic carbocycles. The fourth-order valence-corrected chi connectivity index (χ4v) is 6.33. The van der Waals surface area contributed by atoms with Gasteiger partial charge in [-0.15, -0.1) is 16.4 Å². The topological polar surface area (TPSA) is 122 Å². The molecule has 4 aromatic rings. The van der Waals surface area contributed by atoms with Crippen LogP contribution in [0.2, 0.25) is 0 Å². The number of benzene rings is 2. The van der Waals surface area contributed by atoms with Gasteiger partial charge in [0.15, 0.2) is 0 Å². The highest BCUT2D eigenvalue weighted by Crippen LogP contribution is 2.29. The number of imide groups is 1. The quantitative estimate of drug-likeness (QED) is 0.281. The molecule has 0 spiro atoms. The number of hydrogen-bond acceptors (Lipinski definition) is 9. The molecular weight excluding hydrogens is 566 g/mol. The number of carbonyl (C=O) groups excluding carboxylic acids is 3. The molecule has 3 amide bonds. The van der Waals surface area contributed by atoms with Gasteiger partial charge >= 0.3 is 0 Å². The number of nitrogens with one attached hydrogen (secondary N) is 2. The first kappa shape index (κ1) is 28.6. The number of hydrogen-bond donors (Lipinski definition) is 2. The highest BCUT2D eigenvalue weighted by molar-refractivity contribution is 7.10. The van der Waals surface area contributed by atoms with Crippen LogP contribution < -0.4 is 20.3 Å². The third-order valence-corrected chi connectivity index (χ3v) is 8.70. The Morgan fingerprint density at radius 3 is 2.65 bits per heavy atom. The van der Waals surface area contributed by atoms with Crippen molar-refractivity contribution in [3.8, 4) is 17.0 Å². The standard InChI is InChI=1S/C31H33N7O4S/c1-42-28-5-3-2-4-26(28)37-14-12-36(13-15-37)18-21-6-8-23(9-7-21)32-30(40)17-24-16-22(20-43-24)25-19-38(35-34-25)27-10-11-29(39)33-31(27)41/h2-9,16,19-20,27H,10-15,17-18H2,1H3,(H,32,40)(H,33,39,41). The van der Waals surface area contributed by atoms with E-state index in [0.717, 1.165) is 60.3 Å². The lowest BCUT2D eigenvalue weighted by molar-refractivity contribution is -0.136. The number of anilines is 2. The minimum atomic E-state index is -0.552. The number of aromatic nitrogens is 3. The number of thiophene rings is 1. The summed E-state index contributed by atoms with van der Waals surface area (Å²) >= 11 is 1.47. The average molecular weight is 600 g/mol. The van der Waals surface area contributed by atoms with Crippen molar-refractivity contribution in [2.75, 3.05) is 43.5 Å². The monoisotopic (exact) mass is 599 g/mol. The number of amides is 3. The Kier molecular flexibility index (Phi) is 8.47. The number of para-hydroxylation sites is 2. The third kappa shape index (κ3) is 6.76. The molecule has 2 aliphatic rings. The van der Waals surface area contributed by atoms with Crippen molar-refractivity contribution in [1.29, 1.82) is 0 Å². The Balaban J connectivity index is 0.977. The number of piperidine rings is 1. The lowest BCUT2D eigenvalue weighted by Crippen LogP contribution is -2.46. The highest BCUT2D eigenvalue weighted by Gasteiger charge is 2.29. The highest BCUT2D eigenvalue weighted by atomic mass is 32.1. The van der Waals surface area contributed by atoms with Gasteiger partial charge in [-0.05, 0) is 42.3 Å². The lowest BCUT2D eigenvalue weighted by atomic mass is 10.1. The summed E-state index contributed by atoms with van der Waals surface area (Å²) in [5, 5.41) is 15.5. The molecule has 6 rings (SSSR count). The van der Waals surface area contributed by atoms with Crippen LogP contribution in [0, 0.1) is 0 Å². The molecule has 2 N–H and O–H groups in total. The van der Waals surface area contributed by atoms with E-state index in [4.69, 9.17) is 4.74 Å². The van der Waals surface area contributed by atoms with Crippen LogP contribution in [0.4, 0.5) is 11.4 Å². The maximum absolute atomic E-state index is 12.8. The van der Waals surface area contributed by atoms with Crippen molar-refractivity contribution < 1.29 is 19.1 Å². The van der Waals surface area contributed by atoms with Crippen LogP contribution in [0.25, 0.3) is 11.3 Å². The van der Waals surface area contributed by atoms with Crippen LogP contribution in [-0.4, -0.2) is 70.9 Å². The summed E-state index contributed by atoms with van der Waals surface area (Å²) in [6.45, 7) is 4.67. The number of piperazine rings is 1. The molecule has 2 fully saturated rings. The molecule has 2 aliphatic heterocycles. The summed E-state index contributed by atoms with van der Waals surface area (Å²) in [6.07, 6.45) is 2.61. The Bertz CT molecular complexity index is 1610. The van der Waals surface area contributed by atoms with E-state index in [0.29, 0.717) is 12.1 Å². The van der Waals surface area contributed by atoms with E-state index in [1.807, 2.05) is 41.8 Å². The number of ether oxygens (including phenoxy) is 1. The molecule has 11 nitrogen and oxygen atoms in total. The van der Waals surface area contributed by atoms with Crippen LogP contribution in [0.1, 0.15) is 29.3 Å². The smallest absolute Gasteiger partial charge is 0.251 e. The van der Waals surface area contributed by atoms with Gasteiger partial charge in [-0.25, -0.2) is 4.68 Å². The fraction of sp³-hybridized carbons (Fsp3) is 0.323. The summed E-state index contributed by atoms with van der Waals surface area (Å²) in [6, 6.07) is 17.5. The van der Waals surface area contributed by atoms with Crippen LogP contribution in [-0.2, 0) is 27.3 Å². The third-order valence-electron chi connectivity index (χ3n) is 7.77. The second kappa shape index (κ2) is 12.8. The average Bonchev–Trinajstić information content (AvgIpc) is 3.69. The molecule has 1 atom stereocenters. The summed E-state index contributed by atoms with van der Waals surface area (Å²) < 4.78 is 7.02. The summed E-state index contributed by atoms with van der Waals surface area (Å²) in [4.78, 5) is 42.0.